The number of amides is 1. The van der Waals surface area contributed by atoms with Crippen LogP contribution in [0, 0.1) is 5.92 Å². The molecule has 1 aromatic heterocycles. The molecule has 2 atom stereocenters. The highest BCUT2D eigenvalue weighted by Crippen LogP contribution is 2.32. The zero-order chi connectivity index (χ0) is 15.0. The average molecular weight is 352 g/mol. The Hall–Kier alpha value is -1.56. The maximum atomic E-state index is 11.3. The Morgan fingerprint density at radius 2 is 2.38 bits per heavy atom. The van der Waals surface area contributed by atoms with Crippen molar-refractivity contribution in [3.63, 3.8) is 0 Å². The van der Waals surface area contributed by atoms with Gasteiger partial charge in [-0.25, -0.2) is 4.98 Å². The predicted octanol–water partition coefficient (Wildman–Crippen LogP) is 2.72. The summed E-state index contributed by atoms with van der Waals surface area (Å²) in [7, 11) is 0. The molecule has 1 N–H and O–H groups in total. The minimum atomic E-state index is -0.0262. The number of ether oxygens (including phenoxy) is 1. The van der Waals surface area contributed by atoms with Crippen molar-refractivity contribution in [3.8, 4) is 5.75 Å². The Balaban J connectivity index is 1.92. The highest BCUT2D eigenvalue weighted by atomic mass is 79.9. The summed E-state index contributed by atoms with van der Waals surface area (Å²) in [5.41, 5.74) is 1.92. The van der Waals surface area contributed by atoms with Crippen LogP contribution in [0.4, 0.5) is 0 Å². The van der Waals surface area contributed by atoms with Crippen molar-refractivity contribution in [1.82, 2.24) is 14.9 Å². The van der Waals surface area contributed by atoms with Crippen molar-refractivity contribution < 1.29 is 9.53 Å². The van der Waals surface area contributed by atoms with E-state index in [0.717, 1.165) is 27.8 Å². The normalized spacial score (nSPS) is 19.8. The molecule has 0 saturated carbocycles. The molecule has 1 aliphatic heterocycles. The van der Waals surface area contributed by atoms with Crippen LogP contribution in [-0.4, -0.2) is 28.1 Å². The number of aryl methyl sites for hydroxylation is 1. The minimum absolute atomic E-state index is 0.0262. The number of hydrogen-bond acceptors (Lipinski definition) is 3. The van der Waals surface area contributed by atoms with E-state index in [0.29, 0.717) is 13.0 Å². The van der Waals surface area contributed by atoms with Gasteiger partial charge < -0.3 is 14.6 Å². The maximum absolute atomic E-state index is 11.3. The van der Waals surface area contributed by atoms with Crippen LogP contribution in [0.1, 0.15) is 20.3 Å². The highest BCUT2D eigenvalue weighted by molar-refractivity contribution is 9.10. The molecule has 1 saturated heterocycles. The average Bonchev–Trinajstić information content (AvgIpc) is 3.04. The molecule has 6 heteroatoms. The van der Waals surface area contributed by atoms with E-state index in [-0.39, 0.29) is 17.9 Å². The van der Waals surface area contributed by atoms with E-state index in [1.54, 1.807) is 0 Å². The maximum Gasteiger partial charge on any atom is 0.220 e. The predicted molar refractivity (Wildman–Crippen MR) is 84.3 cm³/mol. The number of benzene rings is 1. The summed E-state index contributed by atoms with van der Waals surface area (Å²) in [6.45, 7) is 5.62. The van der Waals surface area contributed by atoms with Crippen LogP contribution in [0.3, 0.4) is 0 Å². The Kier molecular flexibility index (Phi) is 3.89. The standard InChI is InChI=1S/C15H18BrN3O2/c1-3-19-8-18-12-5-11(16)6-13(15(12)19)21-9(2)10-4-14(20)17-7-10/h5-6,8-10H,3-4,7H2,1-2H3,(H,17,20)/t9-,10-/m1/s1. The van der Waals surface area contributed by atoms with Gasteiger partial charge in [0, 0.05) is 29.9 Å². The number of nitrogens with zero attached hydrogens (tertiary/aromatic N) is 2. The van der Waals surface area contributed by atoms with Crippen LogP contribution < -0.4 is 10.1 Å². The summed E-state index contributed by atoms with van der Waals surface area (Å²) in [5.74, 6) is 1.13. The fraction of sp³-hybridized carbons (Fsp3) is 0.467. The molecule has 0 spiro atoms. The van der Waals surface area contributed by atoms with Gasteiger partial charge in [0.15, 0.2) is 0 Å². The molecule has 1 aliphatic rings. The second-order valence-corrected chi connectivity index (χ2v) is 6.31. The van der Waals surface area contributed by atoms with E-state index in [9.17, 15) is 4.79 Å². The first-order valence-corrected chi connectivity index (χ1v) is 7.95. The first-order valence-electron chi connectivity index (χ1n) is 7.16. The molecule has 2 aromatic rings. The van der Waals surface area contributed by atoms with Gasteiger partial charge in [-0.2, -0.15) is 0 Å². The first-order chi connectivity index (χ1) is 10.1. The lowest BCUT2D eigenvalue weighted by molar-refractivity contribution is -0.119. The molecular formula is C15H18BrN3O2. The highest BCUT2D eigenvalue weighted by Gasteiger charge is 2.28. The van der Waals surface area contributed by atoms with Gasteiger partial charge in [0.05, 0.1) is 11.8 Å². The van der Waals surface area contributed by atoms with E-state index >= 15 is 0 Å². The van der Waals surface area contributed by atoms with Gasteiger partial charge in [-0.1, -0.05) is 15.9 Å². The Bertz CT molecular complexity index is 683. The van der Waals surface area contributed by atoms with Gasteiger partial charge in [-0.3, -0.25) is 4.79 Å². The van der Waals surface area contributed by atoms with Gasteiger partial charge in [0.25, 0.3) is 0 Å². The van der Waals surface area contributed by atoms with Crippen molar-refractivity contribution in [3.05, 3.63) is 22.9 Å². The molecule has 0 bridgehead atoms. The molecule has 112 valence electrons. The fourth-order valence-electron chi connectivity index (χ4n) is 2.72. The molecule has 5 nitrogen and oxygen atoms in total. The summed E-state index contributed by atoms with van der Waals surface area (Å²) >= 11 is 3.50. The zero-order valence-electron chi connectivity index (χ0n) is 12.1. The van der Waals surface area contributed by atoms with Crippen LogP contribution in [0.5, 0.6) is 5.75 Å². The van der Waals surface area contributed by atoms with Crippen LogP contribution in [0.25, 0.3) is 11.0 Å². The number of imidazole rings is 1. The molecule has 0 aliphatic carbocycles. The van der Waals surface area contributed by atoms with Gasteiger partial charge in [0.2, 0.25) is 5.91 Å². The molecule has 0 unspecified atom stereocenters. The second kappa shape index (κ2) is 5.67. The Morgan fingerprint density at radius 3 is 3.05 bits per heavy atom. The second-order valence-electron chi connectivity index (χ2n) is 5.39. The van der Waals surface area contributed by atoms with Crippen molar-refractivity contribution in [2.75, 3.05) is 6.54 Å². The van der Waals surface area contributed by atoms with Gasteiger partial charge in [-0.15, -0.1) is 0 Å². The smallest absolute Gasteiger partial charge is 0.220 e. The lowest BCUT2D eigenvalue weighted by Crippen LogP contribution is -2.25. The topological polar surface area (TPSA) is 56.1 Å². The summed E-state index contributed by atoms with van der Waals surface area (Å²) in [6.07, 6.45) is 2.34. The Morgan fingerprint density at radius 1 is 1.57 bits per heavy atom. The lowest BCUT2D eigenvalue weighted by Gasteiger charge is -2.20. The van der Waals surface area contributed by atoms with Gasteiger partial charge in [0.1, 0.15) is 17.4 Å². The molecule has 0 radical (unpaired) electrons. The SMILES string of the molecule is CCn1cnc2cc(Br)cc(O[C@H](C)[C@H]3CNC(=O)C3)c21. The van der Waals surface area contributed by atoms with Crippen molar-refractivity contribution in [2.45, 2.75) is 32.9 Å². The summed E-state index contributed by atoms with van der Waals surface area (Å²) in [5, 5.41) is 2.86. The Labute approximate surface area is 131 Å². The third kappa shape index (κ3) is 2.77. The van der Waals surface area contributed by atoms with Gasteiger partial charge in [-0.05, 0) is 26.0 Å². The number of nitrogens with one attached hydrogen (secondary N) is 1. The number of carbonyl (C=O) groups excluding carboxylic acids is 1. The molecule has 3 rings (SSSR count). The number of fused-ring (bicyclic) bond motifs is 1. The van der Waals surface area contributed by atoms with Crippen molar-refractivity contribution >= 4 is 32.9 Å². The molecule has 2 heterocycles. The number of halogens is 1. The largest absolute Gasteiger partial charge is 0.488 e. The molecule has 21 heavy (non-hydrogen) atoms. The number of hydrogen-bond donors (Lipinski definition) is 1. The monoisotopic (exact) mass is 351 g/mol. The number of aromatic nitrogens is 2. The number of rotatable bonds is 4. The van der Waals surface area contributed by atoms with Gasteiger partial charge >= 0.3 is 0 Å². The summed E-state index contributed by atoms with van der Waals surface area (Å²) in [6, 6.07) is 3.95. The van der Waals surface area contributed by atoms with E-state index in [1.165, 1.54) is 0 Å². The van der Waals surface area contributed by atoms with Crippen LogP contribution in [0.15, 0.2) is 22.9 Å². The van der Waals surface area contributed by atoms with E-state index in [2.05, 4.69) is 37.7 Å². The van der Waals surface area contributed by atoms with Crippen LogP contribution in [0.2, 0.25) is 0 Å². The molecule has 1 aromatic carbocycles. The summed E-state index contributed by atoms with van der Waals surface area (Å²) < 4.78 is 9.17. The molecule has 1 fully saturated rings. The zero-order valence-corrected chi connectivity index (χ0v) is 13.7. The van der Waals surface area contributed by atoms with Crippen LogP contribution >= 0.6 is 15.9 Å². The number of carbonyl (C=O) groups is 1. The molecule has 1 amide bonds. The first kappa shape index (κ1) is 14.4. The van der Waals surface area contributed by atoms with Crippen molar-refractivity contribution in [2.24, 2.45) is 5.92 Å². The van der Waals surface area contributed by atoms with Crippen LogP contribution in [-0.2, 0) is 11.3 Å². The van der Waals surface area contributed by atoms with E-state index in [4.69, 9.17) is 4.74 Å². The van der Waals surface area contributed by atoms with E-state index in [1.807, 2.05) is 25.4 Å². The quantitative estimate of drug-likeness (QED) is 0.921. The third-order valence-corrected chi connectivity index (χ3v) is 4.43. The molecular weight excluding hydrogens is 334 g/mol. The summed E-state index contributed by atoms with van der Waals surface area (Å²) in [4.78, 5) is 15.8. The minimum Gasteiger partial charge on any atom is -0.488 e. The van der Waals surface area contributed by atoms with Crippen molar-refractivity contribution in [1.29, 1.82) is 0 Å². The van der Waals surface area contributed by atoms with E-state index < -0.39 is 0 Å². The third-order valence-electron chi connectivity index (χ3n) is 3.97. The fourth-order valence-corrected chi connectivity index (χ4v) is 3.15. The lowest BCUT2D eigenvalue weighted by atomic mass is 10.0.